The largest absolute Gasteiger partial charge is 0.476 e. The van der Waals surface area contributed by atoms with Gasteiger partial charge < -0.3 is 15.0 Å². The number of aromatic amines is 1. The van der Waals surface area contributed by atoms with Crippen LogP contribution in [-0.4, -0.2) is 47.1 Å². The molecule has 0 unspecified atom stereocenters. The number of pyridine rings is 1. The topological polar surface area (TPSA) is 83.1 Å². The Labute approximate surface area is 145 Å². The molecule has 0 atom stereocenters. The van der Waals surface area contributed by atoms with E-state index in [0.717, 1.165) is 12.1 Å². The van der Waals surface area contributed by atoms with Crippen molar-refractivity contribution in [2.24, 2.45) is 0 Å². The van der Waals surface area contributed by atoms with Crippen LogP contribution in [0.5, 0.6) is 5.88 Å². The Bertz CT molecular complexity index is 907. The normalized spacial score (nSPS) is 11.0. The van der Waals surface area contributed by atoms with Crippen LogP contribution in [0, 0.1) is 0 Å². The molecule has 3 rings (SSSR count). The highest BCUT2D eigenvalue weighted by molar-refractivity contribution is 5.78. The number of hydrogen-bond donors (Lipinski definition) is 2. The van der Waals surface area contributed by atoms with Crippen molar-refractivity contribution in [3.8, 4) is 5.88 Å². The highest BCUT2D eigenvalue weighted by Gasteiger charge is 2.04. The predicted molar refractivity (Wildman–Crippen MR) is 98.0 cm³/mol. The quantitative estimate of drug-likeness (QED) is 0.684. The molecule has 7 nitrogen and oxygen atoms in total. The molecule has 0 aliphatic rings. The molecule has 0 bridgehead atoms. The lowest BCUT2D eigenvalue weighted by Crippen LogP contribution is -2.19. The molecule has 7 heteroatoms. The van der Waals surface area contributed by atoms with Crippen molar-refractivity contribution in [3.05, 3.63) is 58.5 Å². The van der Waals surface area contributed by atoms with Crippen LogP contribution in [0.25, 0.3) is 10.9 Å². The zero-order valence-electron chi connectivity index (χ0n) is 14.3. The first kappa shape index (κ1) is 16.9. The van der Waals surface area contributed by atoms with Crippen LogP contribution in [0.3, 0.4) is 0 Å². The number of nitrogens with one attached hydrogen (secondary N) is 2. The molecule has 130 valence electrons. The average molecular weight is 339 g/mol. The first-order valence-electron chi connectivity index (χ1n) is 8.07. The van der Waals surface area contributed by atoms with E-state index in [9.17, 15) is 4.79 Å². The Balaban J connectivity index is 1.66. The number of H-pyrrole nitrogens is 1. The lowest BCUT2D eigenvalue weighted by Gasteiger charge is -2.11. The summed E-state index contributed by atoms with van der Waals surface area (Å²) in [5, 5.41) is 3.71. The number of benzene rings is 1. The zero-order chi connectivity index (χ0) is 17.6. The summed E-state index contributed by atoms with van der Waals surface area (Å²) in [7, 11) is 3.99. The van der Waals surface area contributed by atoms with Gasteiger partial charge in [0.2, 0.25) is 11.8 Å². The standard InChI is InChI=1S/C18H21N5O2/c1-23(2)9-10-25-16-11-13(7-8-19-16)12-20-18-21-15-6-4-3-5-14(15)17(24)22-18/h3-8,11H,9-10,12H2,1-2H3,(H2,20,21,22,24). The number of fused-ring (bicyclic) bond motifs is 1. The van der Waals surface area contributed by atoms with Gasteiger partial charge in [0.15, 0.2) is 0 Å². The SMILES string of the molecule is CN(C)CCOc1cc(CNc2nc3ccccc3c(=O)[nH]2)ccn1. The second-order valence-corrected chi connectivity index (χ2v) is 5.94. The fourth-order valence-corrected chi connectivity index (χ4v) is 2.33. The van der Waals surface area contributed by atoms with Gasteiger partial charge in [-0.1, -0.05) is 12.1 Å². The smallest absolute Gasteiger partial charge is 0.260 e. The van der Waals surface area contributed by atoms with E-state index in [1.165, 1.54) is 0 Å². The molecule has 2 heterocycles. The molecular formula is C18H21N5O2. The van der Waals surface area contributed by atoms with E-state index in [1.807, 2.05) is 49.3 Å². The van der Waals surface area contributed by atoms with Crippen molar-refractivity contribution < 1.29 is 4.74 Å². The average Bonchev–Trinajstić information content (AvgIpc) is 2.60. The maximum absolute atomic E-state index is 12.1. The minimum absolute atomic E-state index is 0.157. The molecule has 0 radical (unpaired) electrons. The third-order valence-corrected chi connectivity index (χ3v) is 3.66. The summed E-state index contributed by atoms with van der Waals surface area (Å²) >= 11 is 0. The Morgan fingerprint density at radius 3 is 2.92 bits per heavy atom. The van der Waals surface area contributed by atoms with E-state index in [-0.39, 0.29) is 5.56 Å². The van der Waals surface area contributed by atoms with Crippen LogP contribution in [-0.2, 0) is 6.54 Å². The molecular weight excluding hydrogens is 318 g/mol. The molecule has 0 aliphatic heterocycles. The molecule has 0 aliphatic carbocycles. The number of nitrogens with zero attached hydrogens (tertiary/aromatic N) is 3. The Kier molecular flexibility index (Phi) is 5.25. The maximum atomic E-state index is 12.1. The summed E-state index contributed by atoms with van der Waals surface area (Å²) in [5.41, 5.74) is 1.50. The van der Waals surface area contributed by atoms with E-state index < -0.39 is 0 Å². The molecule has 25 heavy (non-hydrogen) atoms. The third-order valence-electron chi connectivity index (χ3n) is 3.66. The number of ether oxygens (including phenoxy) is 1. The van der Waals surface area contributed by atoms with Gasteiger partial charge in [-0.25, -0.2) is 9.97 Å². The number of hydrogen-bond acceptors (Lipinski definition) is 6. The first-order valence-corrected chi connectivity index (χ1v) is 8.07. The minimum atomic E-state index is -0.157. The van der Waals surface area contributed by atoms with Crippen LogP contribution in [0.2, 0.25) is 0 Å². The van der Waals surface area contributed by atoms with Crippen molar-refractivity contribution in [3.63, 3.8) is 0 Å². The first-order chi connectivity index (χ1) is 12.1. The zero-order valence-corrected chi connectivity index (χ0v) is 14.3. The van der Waals surface area contributed by atoms with Gasteiger partial charge in [0.25, 0.3) is 5.56 Å². The van der Waals surface area contributed by atoms with Gasteiger partial charge in [-0.2, -0.15) is 0 Å². The van der Waals surface area contributed by atoms with Crippen LogP contribution < -0.4 is 15.6 Å². The van der Waals surface area contributed by atoms with Crippen molar-refractivity contribution in [2.75, 3.05) is 32.6 Å². The van der Waals surface area contributed by atoms with Gasteiger partial charge in [-0.3, -0.25) is 9.78 Å². The fraction of sp³-hybridized carbons (Fsp3) is 0.278. The maximum Gasteiger partial charge on any atom is 0.260 e. The molecule has 1 aromatic carbocycles. The van der Waals surface area contributed by atoms with E-state index in [2.05, 4.69) is 20.3 Å². The van der Waals surface area contributed by atoms with Gasteiger partial charge in [0.1, 0.15) is 6.61 Å². The molecule has 0 saturated heterocycles. The van der Waals surface area contributed by atoms with Crippen LogP contribution in [0.4, 0.5) is 5.95 Å². The second-order valence-electron chi connectivity index (χ2n) is 5.94. The summed E-state index contributed by atoms with van der Waals surface area (Å²) in [6, 6.07) is 11.0. The number of aromatic nitrogens is 3. The molecule has 3 aromatic rings. The predicted octanol–water partition coefficient (Wildman–Crippen LogP) is 1.87. The van der Waals surface area contributed by atoms with Gasteiger partial charge in [-0.05, 0) is 37.9 Å². The molecule has 2 N–H and O–H groups in total. The van der Waals surface area contributed by atoms with Crippen LogP contribution in [0.1, 0.15) is 5.56 Å². The summed E-state index contributed by atoms with van der Waals surface area (Å²) < 4.78 is 5.63. The van der Waals surface area contributed by atoms with E-state index in [4.69, 9.17) is 4.74 Å². The van der Waals surface area contributed by atoms with Crippen molar-refractivity contribution in [2.45, 2.75) is 6.54 Å². The molecule has 2 aromatic heterocycles. The minimum Gasteiger partial charge on any atom is -0.476 e. The van der Waals surface area contributed by atoms with Gasteiger partial charge >= 0.3 is 0 Å². The van der Waals surface area contributed by atoms with Crippen molar-refractivity contribution in [1.29, 1.82) is 0 Å². The van der Waals surface area contributed by atoms with E-state index in [1.54, 1.807) is 12.3 Å². The third kappa shape index (κ3) is 4.54. The molecule has 0 spiro atoms. The Hall–Kier alpha value is -2.93. The van der Waals surface area contributed by atoms with Crippen molar-refractivity contribution in [1.82, 2.24) is 19.9 Å². The number of anilines is 1. The molecule has 0 fully saturated rings. The Morgan fingerprint density at radius 1 is 1.24 bits per heavy atom. The Morgan fingerprint density at radius 2 is 2.08 bits per heavy atom. The lowest BCUT2D eigenvalue weighted by atomic mass is 10.2. The molecule has 0 amide bonds. The number of likely N-dealkylation sites (N-methyl/N-ethyl adjacent to an activating group) is 1. The monoisotopic (exact) mass is 339 g/mol. The summed E-state index contributed by atoms with van der Waals surface area (Å²) in [6.07, 6.45) is 1.71. The van der Waals surface area contributed by atoms with Gasteiger partial charge in [0, 0.05) is 25.4 Å². The summed E-state index contributed by atoms with van der Waals surface area (Å²) in [6.45, 7) is 1.91. The number of rotatable bonds is 7. The molecule has 0 saturated carbocycles. The van der Waals surface area contributed by atoms with Crippen LogP contribution >= 0.6 is 0 Å². The van der Waals surface area contributed by atoms with Crippen LogP contribution in [0.15, 0.2) is 47.4 Å². The lowest BCUT2D eigenvalue weighted by molar-refractivity contribution is 0.253. The second kappa shape index (κ2) is 7.76. The fourth-order valence-electron chi connectivity index (χ4n) is 2.33. The summed E-state index contributed by atoms with van der Waals surface area (Å²) in [5.74, 6) is 1.02. The number of para-hydroxylation sites is 1. The van der Waals surface area contributed by atoms with Crippen molar-refractivity contribution >= 4 is 16.9 Å². The van der Waals surface area contributed by atoms with E-state index in [0.29, 0.717) is 35.9 Å². The van der Waals surface area contributed by atoms with E-state index >= 15 is 0 Å². The highest BCUT2D eigenvalue weighted by Crippen LogP contribution is 2.12. The summed E-state index contributed by atoms with van der Waals surface area (Å²) in [4.78, 5) is 25.5. The van der Waals surface area contributed by atoms with Gasteiger partial charge in [-0.15, -0.1) is 0 Å². The highest BCUT2D eigenvalue weighted by atomic mass is 16.5. The van der Waals surface area contributed by atoms with Gasteiger partial charge in [0.05, 0.1) is 10.9 Å².